The van der Waals surface area contributed by atoms with Crippen LogP contribution in [-0.4, -0.2) is 22.6 Å². The van der Waals surface area contributed by atoms with E-state index < -0.39 is 0 Å². The van der Waals surface area contributed by atoms with Gasteiger partial charge in [0.25, 0.3) is 0 Å². The van der Waals surface area contributed by atoms with E-state index in [0.717, 1.165) is 10.0 Å². The van der Waals surface area contributed by atoms with Crippen LogP contribution in [0.15, 0.2) is 0 Å². The van der Waals surface area contributed by atoms with E-state index in [9.17, 15) is 4.79 Å². The molecule has 1 unspecified atom stereocenters. The molecule has 0 bridgehead atoms. The molecule has 0 saturated heterocycles. The minimum Gasteiger partial charge on any atom is -0.349 e. The first-order chi connectivity index (χ1) is 7.54. The van der Waals surface area contributed by atoms with Gasteiger partial charge in [-0.15, -0.1) is 22.6 Å². The second-order valence-electron chi connectivity index (χ2n) is 4.04. The lowest BCUT2D eigenvalue weighted by Gasteiger charge is -2.07. The average molecular weight is 279 g/mol. The molecule has 1 rings (SSSR count). The number of carbonyl (C=O) groups excluding carboxylic acids is 1. The van der Waals surface area contributed by atoms with Crippen LogP contribution in [0.25, 0.3) is 0 Å². The van der Waals surface area contributed by atoms with Gasteiger partial charge in [-0.25, -0.2) is 0 Å². The maximum atomic E-state index is 11.5. The summed E-state index contributed by atoms with van der Waals surface area (Å²) in [5.74, 6) is 0.186. The number of hydrogen-bond donors (Lipinski definition) is 2. The van der Waals surface area contributed by atoms with Crippen molar-refractivity contribution < 1.29 is 4.79 Å². The average Bonchev–Trinajstić information content (AvgIpc) is 2.73. The first-order valence-electron chi connectivity index (χ1n) is 5.34. The molecule has 0 aliphatic carbocycles. The molecule has 1 heterocycles. The molecule has 0 spiro atoms. The summed E-state index contributed by atoms with van der Waals surface area (Å²) in [6, 6.07) is 0. The summed E-state index contributed by atoms with van der Waals surface area (Å²) in [5, 5.41) is 12.7. The number of halogens is 1. The van der Waals surface area contributed by atoms with Crippen LogP contribution < -0.4 is 11.1 Å². The van der Waals surface area contributed by atoms with E-state index in [4.69, 9.17) is 5.73 Å². The van der Waals surface area contributed by atoms with Crippen LogP contribution in [0.3, 0.4) is 0 Å². The van der Waals surface area contributed by atoms with Crippen LogP contribution in [0.2, 0.25) is 0 Å². The number of carbonyl (C=O) groups is 1. The van der Waals surface area contributed by atoms with E-state index >= 15 is 0 Å². The van der Waals surface area contributed by atoms with Gasteiger partial charge >= 0.3 is 0 Å². The first kappa shape index (κ1) is 16.3. The molecule has 1 aromatic heterocycles. The van der Waals surface area contributed by atoms with Crippen molar-refractivity contribution in [2.75, 3.05) is 6.54 Å². The zero-order valence-electron chi connectivity index (χ0n) is 10.3. The number of amides is 1. The van der Waals surface area contributed by atoms with Gasteiger partial charge in [0, 0.05) is 18.4 Å². The number of aromatic nitrogens is 2. The Hall–Kier alpha value is -0.720. The van der Waals surface area contributed by atoms with Crippen LogP contribution >= 0.6 is 23.7 Å². The third kappa shape index (κ3) is 4.97. The molecule has 0 saturated carbocycles. The molecule has 0 aromatic carbocycles. The molecular formula is C10H19ClN4OS. The van der Waals surface area contributed by atoms with Gasteiger partial charge in [0.2, 0.25) is 5.91 Å². The van der Waals surface area contributed by atoms with Gasteiger partial charge in [0.15, 0.2) is 0 Å². The third-order valence-electron chi connectivity index (χ3n) is 2.19. The molecule has 0 aliphatic rings. The Bertz CT molecular complexity index is 356. The lowest BCUT2D eigenvalue weighted by atomic mass is 10.2. The summed E-state index contributed by atoms with van der Waals surface area (Å²) in [4.78, 5) is 11.5. The number of rotatable bonds is 5. The van der Waals surface area contributed by atoms with Crippen LogP contribution in [0, 0.1) is 5.92 Å². The molecule has 1 amide bonds. The van der Waals surface area contributed by atoms with Crippen molar-refractivity contribution in [3.05, 3.63) is 10.0 Å². The van der Waals surface area contributed by atoms with Gasteiger partial charge in [-0.3, -0.25) is 4.79 Å². The summed E-state index contributed by atoms with van der Waals surface area (Å²) in [6.07, 6.45) is 0. The van der Waals surface area contributed by atoms with E-state index in [1.807, 2.05) is 0 Å². The molecular weight excluding hydrogens is 260 g/mol. The van der Waals surface area contributed by atoms with Crippen LogP contribution in [-0.2, 0) is 11.3 Å². The monoisotopic (exact) mass is 278 g/mol. The normalized spacial score (nSPS) is 12.1. The van der Waals surface area contributed by atoms with Crippen LogP contribution in [0.1, 0.15) is 36.7 Å². The summed E-state index contributed by atoms with van der Waals surface area (Å²) in [6.45, 7) is 6.74. The highest BCUT2D eigenvalue weighted by Crippen LogP contribution is 2.18. The lowest BCUT2D eigenvalue weighted by molar-refractivity contribution is -0.124. The highest BCUT2D eigenvalue weighted by molar-refractivity contribution is 7.11. The van der Waals surface area contributed by atoms with Gasteiger partial charge < -0.3 is 11.1 Å². The Kier molecular flexibility index (Phi) is 7.26. The first-order valence-corrected chi connectivity index (χ1v) is 6.16. The van der Waals surface area contributed by atoms with Crippen molar-refractivity contribution in [2.24, 2.45) is 11.7 Å². The van der Waals surface area contributed by atoms with E-state index in [1.54, 1.807) is 6.92 Å². The topological polar surface area (TPSA) is 80.9 Å². The third-order valence-corrected chi connectivity index (χ3v) is 3.42. The molecule has 7 heteroatoms. The quantitative estimate of drug-likeness (QED) is 0.851. The van der Waals surface area contributed by atoms with Crippen molar-refractivity contribution in [1.29, 1.82) is 0 Å². The zero-order valence-corrected chi connectivity index (χ0v) is 11.9. The smallest absolute Gasteiger partial charge is 0.224 e. The summed E-state index contributed by atoms with van der Waals surface area (Å²) in [7, 11) is 0. The van der Waals surface area contributed by atoms with Crippen molar-refractivity contribution in [3.8, 4) is 0 Å². The number of nitrogens with two attached hydrogens (primary N) is 1. The maximum absolute atomic E-state index is 11.5. The Balaban J connectivity index is 0.00000256. The Labute approximate surface area is 112 Å². The summed E-state index contributed by atoms with van der Waals surface area (Å²) in [5.41, 5.74) is 5.40. The standard InChI is InChI=1S/C10H18N4OS.ClH/c1-6(2)10-14-13-8(16-10)5-12-9(15)7(3)4-11;/h6-7H,4-5,11H2,1-3H3,(H,12,15);1H. The van der Waals surface area contributed by atoms with E-state index in [1.165, 1.54) is 11.3 Å². The molecule has 0 radical (unpaired) electrons. The predicted octanol–water partition coefficient (Wildman–Crippen LogP) is 1.29. The molecule has 1 atom stereocenters. The molecule has 0 fully saturated rings. The molecule has 0 aliphatic heterocycles. The molecule has 5 nitrogen and oxygen atoms in total. The van der Waals surface area contributed by atoms with Crippen molar-refractivity contribution >= 4 is 29.7 Å². The lowest BCUT2D eigenvalue weighted by Crippen LogP contribution is -2.32. The maximum Gasteiger partial charge on any atom is 0.224 e. The molecule has 3 N–H and O–H groups in total. The van der Waals surface area contributed by atoms with E-state index in [-0.39, 0.29) is 24.2 Å². The largest absolute Gasteiger partial charge is 0.349 e. The predicted molar refractivity (Wildman–Crippen MR) is 71.3 cm³/mol. The fourth-order valence-corrected chi connectivity index (χ4v) is 1.80. The van der Waals surface area contributed by atoms with Crippen molar-refractivity contribution in [2.45, 2.75) is 33.2 Å². The van der Waals surface area contributed by atoms with Crippen LogP contribution in [0.5, 0.6) is 0 Å². The second kappa shape index (κ2) is 7.58. The number of nitrogens with one attached hydrogen (secondary N) is 1. The highest BCUT2D eigenvalue weighted by Gasteiger charge is 2.12. The fraction of sp³-hybridized carbons (Fsp3) is 0.700. The molecule has 1 aromatic rings. The SMILES string of the molecule is CC(CN)C(=O)NCc1nnc(C(C)C)s1.Cl. The zero-order chi connectivity index (χ0) is 12.1. The Morgan fingerprint density at radius 1 is 1.41 bits per heavy atom. The highest BCUT2D eigenvalue weighted by atomic mass is 35.5. The fourth-order valence-electron chi connectivity index (χ4n) is 1.02. The van der Waals surface area contributed by atoms with Crippen molar-refractivity contribution in [3.63, 3.8) is 0 Å². The van der Waals surface area contributed by atoms with Crippen LogP contribution in [0.4, 0.5) is 0 Å². The Morgan fingerprint density at radius 3 is 2.53 bits per heavy atom. The molecule has 17 heavy (non-hydrogen) atoms. The second-order valence-corrected chi connectivity index (χ2v) is 5.14. The summed E-state index contributed by atoms with van der Waals surface area (Å²) < 4.78 is 0. The van der Waals surface area contributed by atoms with Gasteiger partial charge in [-0.1, -0.05) is 32.1 Å². The molecule has 98 valence electrons. The van der Waals surface area contributed by atoms with Gasteiger partial charge in [0.05, 0.1) is 6.54 Å². The number of nitrogens with zero attached hydrogens (tertiary/aromatic N) is 2. The van der Waals surface area contributed by atoms with E-state index in [2.05, 4.69) is 29.4 Å². The van der Waals surface area contributed by atoms with E-state index in [0.29, 0.717) is 19.0 Å². The van der Waals surface area contributed by atoms with Gasteiger partial charge in [0.1, 0.15) is 10.0 Å². The van der Waals surface area contributed by atoms with Gasteiger partial charge in [-0.2, -0.15) is 0 Å². The minimum absolute atomic E-state index is 0. The minimum atomic E-state index is -0.155. The van der Waals surface area contributed by atoms with Gasteiger partial charge in [-0.05, 0) is 0 Å². The number of hydrogen-bond acceptors (Lipinski definition) is 5. The summed E-state index contributed by atoms with van der Waals surface area (Å²) >= 11 is 1.53. The van der Waals surface area contributed by atoms with Crippen molar-refractivity contribution in [1.82, 2.24) is 15.5 Å². The Morgan fingerprint density at radius 2 is 2.06 bits per heavy atom.